The Labute approximate surface area is 164 Å². The molecule has 1 N–H and O–H groups in total. The van der Waals surface area contributed by atoms with Crippen molar-refractivity contribution in [1.82, 2.24) is 4.90 Å². The molecule has 3 rings (SSSR count). The zero-order valence-electron chi connectivity index (χ0n) is 15.4. The number of carbonyl (C=O) groups is 1. The monoisotopic (exact) mass is 408 g/mol. The van der Waals surface area contributed by atoms with Crippen molar-refractivity contribution in [2.75, 3.05) is 42.9 Å². The quantitative estimate of drug-likeness (QED) is 0.606. The van der Waals surface area contributed by atoms with Crippen molar-refractivity contribution in [1.29, 1.82) is 0 Å². The fourth-order valence-electron chi connectivity index (χ4n) is 3.13. The minimum Gasteiger partial charge on any atom is -0.369 e. The summed E-state index contributed by atoms with van der Waals surface area (Å²) in [5.74, 6) is -0.381. The number of nitro groups is 1. The van der Waals surface area contributed by atoms with Gasteiger partial charge in [-0.3, -0.25) is 19.8 Å². The van der Waals surface area contributed by atoms with Gasteiger partial charge in [-0.2, -0.15) is 13.2 Å². The SMILES string of the molecule is O=C(CN1CCN(c2ccc([N+](=O)[O-])cc2)CC1)Nc1cccc(C(F)(F)F)c1. The molecule has 29 heavy (non-hydrogen) atoms. The number of non-ortho nitro benzene ring substituents is 1. The second-order valence-corrected chi connectivity index (χ2v) is 6.66. The summed E-state index contributed by atoms with van der Waals surface area (Å²) in [4.78, 5) is 26.4. The van der Waals surface area contributed by atoms with Crippen LogP contribution in [0.3, 0.4) is 0 Å². The van der Waals surface area contributed by atoms with E-state index in [0.29, 0.717) is 26.2 Å². The van der Waals surface area contributed by atoms with Gasteiger partial charge in [0, 0.05) is 49.7 Å². The number of hydrogen-bond donors (Lipinski definition) is 1. The second-order valence-electron chi connectivity index (χ2n) is 6.66. The molecule has 0 unspecified atom stereocenters. The molecule has 10 heteroatoms. The number of benzene rings is 2. The molecule has 2 aromatic carbocycles. The number of nitrogens with one attached hydrogen (secondary N) is 1. The zero-order valence-corrected chi connectivity index (χ0v) is 15.4. The highest BCUT2D eigenvalue weighted by Gasteiger charge is 2.30. The first-order chi connectivity index (χ1) is 13.7. The van der Waals surface area contributed by atoms with Gasteiger partial charge < -0.3 is 10.2 Å². The lowest BCUT2D eigenvalue weighted by atomic mass is 10.2. The van der Waals surface area contributed by atoms with Gasteiger partial charge in [0.1, 0.15) is 0 Å². The maximum absolute atomic E-state index is 12.8. The number of carbonyl (C=O) groups excluding carboxylic acids is 1. The predicted octanol–water partition coefficient (Wildman–Crippen LogP) is 3.37. The van der Waals surface area contributed by atoms with E-state index >= 15 is 0 Å². The molecule has 1 heterocycles. The van der Waals surface area contributed by atoms with E-state index < -0.39 is 16.7 Å². The van der Waals surface area contributed by atoms with Gasteiger partial charge in [-0.05, 0) is 30.3 Å². The Kier molecular flexibility index (Phi) is 6.02. The van der Waals surface area contributed by atoms with Crippen LogP contribution in [0.1, 0.15) is 5.56 Å². The fraction of sp³-hybridized carbons (Fsp3) is 0.316. The number of nitrogens with zero attached hydrogens (tertiary/aromatic N) is 3. The van der Waals surface area contributed by atoms with Crippen LogP contribution >= 0.6 is 0 Å². The highest BCUT2D eigenvalue weighted by Crippen LogP contribution is 2.30. The van der Waals surface area contributed by atoms with Crippen LogP contribution in [-0.4, -0.2) is 48.5 Å². The molecule has 7 nitrogen and oxygen atoms in total. The molecule has 0 aliphatic carbocycles. The highest BCUT2D eigenvalue weighted by atomic mass is 19.4. The summed E-state index contributed by atoms with van der Waals surface area (Å²) in [6.07, 6.45) is -4.46. The first kappa shape index (κ1) is 20.6. The van der Waals surface area contributed by atoms with Crippen LogP contribution in [0.5, 0.6) is 0 Å². The molecule has 0 bridgehead atoms. The van der Waals surface area contributed by atoms with Crippen molar-refractivity contribution < 1.29 is 22.9 Å². The molecule has 0 atom stereocenters. The van der Waals surface area contributed by atoms with Crippen molar-refractivity contribution in [3.8, 4) is 0 Å². The van der Waals surface area contributed by atoms with Crippen molar-refractivity contribution in [2.24, 2.45) is 0 Å². The average molecular weight is 408 g/mol. The lowest BCUT2D eigenvalue weighted by Crippen LogP contribution is -2.48. The summed E-state index contributed by atoms with van der Waals surface area (Å²) >= 11 is 0. The summed E-state index contributed by atoms with van der Waals surface area (Å²) in [7, 11) is 0. The number of halogens is 3. The molecule has 2 aromatic rings. The van der Waals surface area contributed by atoms with Gasteiger partial charge >= 0.3 is 6.18 Å². The van der Waals surface area contributed by atoms with E-state index in [4.69, 9.17) is 0 Å². The summed E-state index contributed by atoms with van der Waals surface area (Å²) in [5, 5.41) is 13.2. The summed E-state index contributed by atoms with van der Waals surface area (Å²) in [6.45, 7) is 2.52. The van der Waals surface area contributed by atoms with Crippen molar-refractivity contribution in [3.05, 3.63) is 64.2 Å². The molecule has 1 aliphatic rings. The number of anilines is 2. The molecule has 1 fully saturated rings. The average Bonchev–Trinajstić information content (AvgIpc) is 2.68. The summed E-state index contributed by atoms with van der Waals surface area (Å²) < 4.78 is 38.3. The van der Waals surface area contributed by atoms with Gasteiger partial charge in [-0.25, -0.2) is 0 Å². The number of nitro benzene ring substituents is 1. The van der Waals surface area contributed by atoms with Gasteiger partial charge in [0.2, 0.25) is 5.91 Å². The fourth-order valence-corrected chi connectivity index (χ4v) is 3.13. The summed E-state index contributed by atoms with van der Waals surface area (Å²) in [5.41, 5.74) is 0.184. The lowest BCUT2D eigenvalue weighted by Gasteiger charge is -2.35. The van der Waals surface area contributed by atoms with Crippen LogP contribution in [0.2, 0.25) is 0 Å². The number of hydrogen-bond acceptors (Lipinski definition) is 5. The van der Waals surface area contributed by atoms with Gasteiger partial charge in [0.15, 0.2) is 0 Å². The topological polar surface area (TPSA) is 78.7 Å². The van der Waals surface area contributed by atoms with Gasteiger partial charge in [0.25, 0.3) is 5.69 Å². The molecule has 1 aliphatic heterocycles. The molecular formula is C19H19F3N4O3. The largest absolute Gasteiger partial charge is 0.416 e. The molecule has 0 saturated carbocycles. The van der Waals surface area contributed by atoms with Gasteiger partial charge in [-0.15, -0.1) is 0 Å². The van der Waals surface area contributed by atoms with Crippen molar-refractivity contribution >= 4 is 23.0 Å². The van der Waals surface area contributed by atoms with Crippen LogP contribution in [0.15, 0.2) is 48.5 Å². The molecule has 154 valence electrons. The van der Waals surface area contributed by atoms with Crippen LogP contribution in [0.4, 0.5) is 30.2 Å². The standard InChI is InChI=1S/C19H19F3N4O3/c20-19(21,22)14-2-1-3-15(12-14)23-18(27)13-24-8-10-25(11-9-24)16-4-6-17(7-5-16)26(28)29/h1-7,12H,8-11,13H2,(H,23,27). The van der Waals surface area contributed by atoms with E-state index in [1.807, 2.05) is 4.90 Å². The molecular weight excluding hydrogens is 389 g/mol. The molecule has 0 spiro atoms. The van der Waals surface area contributed by atoms with Gasteiger partial charge in [-0.1, -0.05) is 6.07 Å². The molecule has 1 saturated heterocycles. The third-order valence-corrected chi connectivity index (χ3v) is 4.64. The van der Waals surface area contributed by atoms with E-state index in [2.05, 4.69) is 10.2 Å². The second kappa shape index (κ2) is 8.48. The van der Waals surface area contributed by atoms with Crippen LogP contribution in [0.25, 0.3) is 0 Å². The van der Waals surface area contributed by atoms with E-state index in [0.717, 1.165) is 17.8 Å². The normalized spacial score (nSPS) is 15.2. The molecule has 1 amide bonds. The van der Waals surface area contributed by atoms with Gasteiger partial charge in [0.05, 0.1) is 17.0 Å². The Morgan fingerprint density at radius 3 is 2.31 bits per heavy atom. The Balaban J connectivity index is 1.50. The maximum Gasteiger partial charge on any atom is 0.416 e. The molecule has 0 aromatic heterocycles. The minimum atomic E-state index is -4.46. The number of piperazine rings is 1. The molecule has 0 radical (unpaired) electrons. The lowest BCUT2D eigenvalue weighted by molar-refractivity contribution is -0.384. The van der Waals surface area contributed by atoms with E-state index in [1.165, 1.54) is 24.3 Å². The smallest absolute Gasteiger partial charge is 0.369 e. The Morgan fingerprint density at radius 1 is 1.07 bits per heavy atom. The Hall–Kier alpha value is -3.14. The first-order valence-electron chi connectivity index (χ1n) is 8.91. The third kappa shape index (κ3) is 5.44. The predicted molar refractivity (Wildman–Crippen MR) is 102 cm³/mol. The third-order valence-electron chi connectivity index (χ3n) is 4.64. The Bertz CT molecular complexity index is 879. The minimum absolute atomic E-state index is 0.0265. The van der Waals surface area contributed by atoms with Crippen LogP contribution in [0, 0.1) is 10.1 Å². The maximum atomic E-state index is 12.8. The van der Waals surface area contributed by atoms with Crippen LogP contribution in [-0.2, 0) is 11.0 Å². The van der Waals surface area contributed by atoms with E-state index in [9.17, 15) is 28.1 Å². The van der Waals surface area contributed by atoms with E-state index in [-0.39, 0.29) is 23.8 Å². The summed E-state index contributed by atoms with van der Waals surface area (Å²) in [6, 6.07) is 10.8. The van der Waals surface area contributed by atoms with Crippen LogP contribution < -0.4 is 10.2 Å². The number of amides is 1. The Morgan fingerprint density at radius 2 is 1.72 bits per heavy atom. The number of rotatable bonds is 5. The van der Waals surface area contributed by atoms with Crippen molar-refractivity contribution in [2.45, 2.75) is 6.18 Å². The van der Waals surface area contributed by atoms with E-state index in [1.54, 1.807) is 12.1 Å². The highest BCUT2D eigenvalue weighted by molar-refractivity contribution is 5.92. The first-order valence-corrected chi connectivity index (χ1v) is 8.91. The number of alkyl halides is 3. The van der Waals surface area contributed by atoms with Crippen molar-refractivity contribution in [3.63, 3.8) is 0 Å². The zero-order chi connectivity index (χ0) is 21.0.